The topological polar surface area (TPSA) is 49.4 Å². The van der Waals surface area contributed by atoms with Crippen LogP contribution in [-0.4, -0.2) is 42.0 Å². The van der Waals surface area contributed by atoms with Gasteiger partial charge in [0.25, 0.3) is 0 Å². The number of nitrogens with one attached hydrogen (secondary N) is 1. The molecule has 1 saturated heterocycles. The predicted octanol–water partition coefficient (Wildman–Crippen LogP) is 0.676. The maximum atomic E-state index is 11.9. The average Bonchev–Trinajstić information content (AvgIpc) is 2.42. The highest BCUT2D eigenvalue weighted by atomic mass is 19.4. The first kappa shape index (κ1) is 13.0. The van der Waals surface area contributed by atoms with Crippen LogP contribution in [0.5, 0.6) is 0 Å². The van der Waals surface area contributed by atoms with Gasteiger partial charge in [0.05, 0.1) is 19.0 Å². The van der Waals surface area contributed by atoms with Crippen molar-refractivity contribution in [2.24, 2.45) is 0 Å². The van der Waals surface area contributed by atoms with Crippen LogP contribution in [0.4, 0.5) is 13.2 Å². The van der Waals surface area contributed by atoms with E-state index < -0.39 is 30.6 Å². The van der Waals surface area contributed by atoms with E-state index in [-0.39, 0.29) is 13.0 Å². The Kier molecular flexibility index (Phi) is 3.90. The van der Waals surface area contributed by atoms with Crippen molar-refractivity contribution in [3.63, 3.8) is 0 Å². The van der Waals surface area contributed by atoms with Crippen LogP contribution >= 0.6 is 0 Å². The minimum absolute atomic E-state index is 0.186. The Morgan fingerprint density at radius 3 is 2.56 bits per heavy atom. The van der Waals surface area contributed by atoms with Gasteiger partial charge in [0, 0.05) is 6.54 Å². The van der Waals surface area contributed by atoms with E-state index in [1.54, 1.807) is 6.92 Å². The lowest BCUT2D eigenvalue weighted by Crippen LogP contribution is -2.42. The Labute approximate surface area is 90.8 Å². The molecular weight excluding hydrogens is 225 g/mol. The quantitative estimate of drug-likeness (QED) is 0.732. The number of likely N-dealkylation sites (tertiary alicyclic amines) is 1. The molecule has 1 rings (SSSR count). The first-order chi connectivity index (χ1) is 7.35. The van der Waals surface area contributed by atoms with Crippen LogP contribution in [0.25, 0.3) is 0 Å². The number of amides is 2. The van der Waals surface area contributed by atoms with Crippen molar-refractivity contribution < 1.29 is 22.8 Å². The molecule has 1 N–H and O–H groups in total. The molecule has 1 fully saturated rings. The Balaban J connectivity index is 2.52. The number of alkyl halides is 3. The zero-order valence-corrected chi connectivity index (χ0v) is 8.80. The Bertz CT molecular complexity index is 291. The first-order valence-electron chi connectivity index (χ1n) is 4.99. The van der Waals surface area contributed by atoms with Gasteiger partial charge in [-0.3, -0.25) is 19.8 Å². The highest BCUT2D eigenvalue weighted by molar-refractivity contribution is 6.05. The molecule has 0 aliphatic carbocycles. The van der Waals surface area contributed by atoms with Crippen LogP contribution in [0.2, 0.25) is 0 Å². The summed E-state index contributed by atoms with van der Waals surface area (Å²) in [6.45, 7) is 0.801. The molecule has 0 radical (unpaired) electrons. The number of carbonyl (C=O) groups excluding carboxylic acids is 2. The molecule has 0 aromatic rings. The van der Waals surface area contributed by atoms with Gasteiger partial charge in [0.1, 0.15) is 0 Å². The molecule has 1 heterocycles. The largest absolute Gasteiger partial charge is 0.401 e. The van der Waals surface area contributed by atoms with E-state index in [2.05, 4.69) is 5.32 Å². The van der Waals surface area contributed by atoms with Crippen molar-refractivity contribution in [3.05, 3.63) is 0 Å². The van der Waals surface area contributed by atoms with Crippen LogP contribution in [0.3, 0.4) is 0 Å². The van der Waals surface area contributed by atoms with Crippen molar-refractivity contribution in [3.8, 4) is 0 Å². The number of hydrogen-bond donors (Lipinski definition) is 1. The SMILES string of the molecule is CCCN1C(=O)CC(NCC(F)(F)F)C1=O. The van der Waals surface area contributed by atoms with Gasteiger partial charge in [-0.2, -0.15) is 13.2 Å². The minimum atomic E-state index is -4.37. The number of nitrogens with zero attached hydrogens (tertiary/aromatic N) is 1. The average molecular weight is 238 g/mol. The third kappa shape index (κ3) is 3.19. The highest BCUT2D eigenvalue weighted by Crippen LogP contribution is 2.17. The lowest BCUT2D eigenvalue weighted by molar-refractivity contribution is -0.139. The third-order valence-electron chi connectivity index (χ3n) is 2.24. The second-order valence-corrected chi connectivity index (χ2v) is 3.64. The number of rotatable bonds is 4. The van der Waals surface area contributed by atoms with E-state index in [0.717, 1.165) is 4.90 Å². The summed E-state index contributed by atoms with van der Waals surface area (Å²) in [7, 11) is 0. The zero-order chi connectivity index (χ0) is 12.3. The Morgan fingerprint density at radius 1 is 1.44 bits per heavy atom. The molecule has 0 spiro atoms. The monoisotopic (exact) mass is 238 g/mol. The molecule has 1 aliphatic heterocycles. The van der Waals surface area contributed by atoms with Crippen molar-refractivity contribution in [2.45, 2.75) is 32.0 Å². The fraction of sp³-hybridized carbons (Fsp3) is 0.778. The summed E-state index contributed by atoms with van der Waals surface area (Å²) in [6.07, 6.45) is -3.96. The van der Waals surface area contributed by atoms with Gasteiger partial charge in [-0.15, -0.1) is 0 Å². The van der Waals surface area contributed by atoms with E-state index in [1.807, 2.05) is 0 Å². The van der Waals surface area contributed by atoms with Crippen molar-refractivity contribution in [2.75, 3.05) is 13.1 Å². The second-order valence-electron chi connectivity index (χ2n) is 3.64. The molecule has 0 aromatic heterocycles. The molecule has 1 atom stereocenters. The highest BCUT2D eigenvalue weighted by Gasteiger charge is 2.39. The van der Waals surface area contributed by atoms with Crippen LogP contribution < -0.4 is 5.32 Å². The Morgan fingerprint density at radius 2 is 2.06 bits per heavy atom. The predicted molar refractivity (Wildman–Crippen MR) is 49.5 cm³/mol. The molecule has 2 amide bonds. The summed E-state index contributed by atoms with van der Waals surface area (Å²) >= 11 is 0. The van der Waals surface area contributed by atoms with Gasteiger partial charge in [-0.05, 0) is 6.42 Å². The van der Waals surface area contributed by atoms with E-state index in [0.29, 0.717) is 6.42 Å². The van der Waals surface area contributed by atoms with Crippen LogP contribution in [0.15, 0.2) is 0 Å². The molecule has 4 nitrogen and oxygen atoms in total. The van der Waals surface area contributed by atoms with Gasteiger partial charge in [0.15, 0.2) is 0 Å². The standard InChI is InChI=1S/C9H13F3N2O2/c1-2-3-14-7(15)4-6(8(14)16)13-5-9(10,11)12/h6,13H,2-5H2,1H3. The smallest absolute Gasteiger partial charge is 0.297 e. The van der Waals surface area contributed by atoms with Gasteiger partial charge in [-0.1, -0.05) is 6.92 Å². The van der Waals surface area contributed by atoms with Gasteiger partial charge < -0.3 is 0 Å². The van der Waals surface area contributed by atoms with E-state index in [1.165, 1.54) is 0 Å². The fourth-order valence-corrected chi connectivity index (χ4v) is 1.54. The molecule has 92 valence electrons. The normalized spacial score (nSPS) is 22.0. The lowest BCUT2D eigenvalue weighted by atomic mass is 10.2. The third-order valence-corrected chi connectivity index (χ3v) is 2.24. The van der Waals surface area contributed by atoms with Gasteiger partial charge >= 0.3 is 6.18 Å². The molecule has 16 heavy (non-hydrogen) atoms. The van der Waals surface area contributed by atoms with Crippen LogP contribution in [-0.2, 0) is 9.59 Å². The van der Waals surface area contributed by atoms with Crippen molar-refractivity contribution in [1.82, 2.24) is 10.2 Å². The number of hydrogen-bond acceptors (Lipinski definition) is 3. The summed E-state index contributed by atoms with van der Waals surface area (Å²) in [5.74, 6) is -0.970. The molecule has 7 heteroatoms. The van der Waals surface area contributed by atoms with Crippen LogP contribution in [0, 0.1) is 0 Å². The summed E-state index contributed by atoms with van der Waals surface area (Å²) < 4.78 is 35.7. The van der Waals surface area contributed by atoms with E-state index in [4.69, 9.17) is 0 Å². The van der Waals surface area contributed by atoms with Crippen molar-refractivity contribution >= 4 is 11.8 Å². The van der Waals surface area contributed by atoms with Crippen LogP contribution in [0.1, 0.15) is 19.8 Å². The number of carbonyl (C=O) groups is 2. The van der Waals surface area contributed by atoms with E-state index >= 15 is 0 Å². The van der Waals surface area contributed by atoms with Gasteiger partial charge in [-0.25, -0.2) is 0 Å². The molecule has 0 aromatic carbocycles. The minimum Gasteiger partial charge on any atom is -0.297 e. The fourth-order valence-electron chi connectivity index (χ4n) is 1.54. The summed E-state index contributed by atoms with van der Waals surface area (Å²) in [4.78, 5) is 23.8. The molecule has 1 unspecified atom stereocenters. The lowest BCUT2D eigenvalue weighted by Gasteiger charge is -2.15. The Hall–Kier alpha value is -1.11. The molecule has 0 saturated carbocycles. The second kappa shape index (κ2) is 4.82. The number of halogens is 3. The number of imide groups is 1. The van der Waals surface area contributed by atoms with Crippen molar-refractivity contribution in [1.29, 1.82) is 0 Å². The summed E-state index contributed by atoms with van der Waals surface area (Å²) in [6, 6.07) is -1.03. The molecule has 1 aliphatic rings. The zero-order valence-electron chi connectivity index (χ0n) is 8.80. The maximum Gasteiger partial charge on any atom is 0.401 e. The van der Waals surface area contributed by atoms with E-state index in [9.17, 15) is 22.8 Å². The summed E-state index contributed by atoms with van der Waals surface area (Å²) in [5, 5.41) is 2.05. The first-order valence-corrected chi connectivity index (χ1v) is 4.99. The van der Waals surface area contributed by atoms with Gasteiger partial charge in [0.2, 0.25) is 11.8 Å². The molecule has 0 bridgehead atoms. The maximum absolute atomic E-state index is 11.9. The summed E-state index contributed by atoms with van der Waals surface area (Å²) in [5.41, 5.74) is 0. The molecular formula is C9H13F3N2O2.